The maximum atomic E-state index is 12.9. The lowest BCUT2D eigenvalue weighted by Crippen LogP contribution is -2.59. The molecule has 1 fully saturated rings. The van der Waals surface area contributed by atoms with Crippen molar-refractivity contribution in [3.63, 3.8) is 0 Å². The Labute approximate surface area is 259 Å². The van der Waals surface area contributed by atoms with E-state index in [0.29, 0.717) is 0 Å². The van der Waals surface area contributed by atoms with E-state index in [9.17, 15) is 43.8 Å². The topological polar surface area (TPSA) is 246 Å². The standard InChI is InChI=1S/C23H38N6O9S4/c1-10(30)15-7-41-42-9-17(25-4)22(37)29-19(12(3)32)23(38)28-16(11(2)31)8-40-39-6-13(24)20(35)26-14(5-18(33)34)21(36)27-15/h12-17,19,25,32H,5-9,24H2,1-4H3,(H,26,35)(H,27,36)(H,28,38)(H,29,37)(H,33,34)/t12-,13+,14+,15+,16+,17+,19?/m1/s1. The van der Waals surface area contributed by atoms with Crippen molar-refractivity contribution in [3.8, 4) is 0 Å². The van der Waals surface area contributed by atoms with Crippen molar-refractivity contribution in [2.45, 2.75) is 69.5 Å². The summed E-state index contributed by atoms with van der Waals surface area (Å²) in [6.45, 7) is 3.84. The van der Waals surface area contributed by atoms with Crippen LogP contribution in [0.2, 0.25) is 0 Å². The van der Waals surface area contributed by atoms with E-state index < -0.39 is 84.2 Å². The van der Waals surface area contributed by atoms with Gasteiger partial charge in [-0.1, -0.05) is 43.2 Å². The lowest BCUT2D eigenvalue weighted by molar-refractivity contribution is -0.141. The molecule has 1 aliphatic rings. The number of likely N-dealkylation sites (N-methyl/N-ethyl adjacent to an activating group) is 1. The Kier molecular flexibility index (Phi) is 17.4. The fraction of sp³-hybridized carbons (Fsp3) is 0.696. The number of nitrogens with one attached hydrogen (secondary N) is 5. The van der Waals surface area contributed by atoms with Gasteiger partial charge in [0.1, 0.15) is 12.1 Å². The molecule has 0 bridgehead atoms. The normalized spacial score (nSPS) is 28.9. The number of carboxylic acids is 1. The second-order valence-electron chi connectivity index (χ2n) is 9.32. The van der Waals surface area contributed by atoms with Crippen molar-refractivity contribution >= 4 is 84.3 Å². The Bertz CT molecular complexity index is 1010. The smallest absolute Gasteiger partial charge is 0.305 e. The van der Waals surface area contributed by atoms with Crippen molar-refractivity contribution in [1.82, 2.24) is 26.6 Å². The number of ketones is 2. The number of nitrogens with two attached hydrogens (primary N) is 1. The molecule has 0 saturated carbocycles. The van der Waals surface area contributed by atoms with Crippen LogP contribution in [0.3, 0.4) is 0 Å². The summed E-state index contributed by atoms with van der Waals surface area (Å²) in [5, 5.41) is 32.1. The van der Waals surface area contributed by atoms with E-state index in [4.69, 9.17) is 5.73 Å². The molecule has 1 heterocycles. The van der Waals surface area contributed by atoms with Crippen LogP contribution in [0, 0.1) is 0 Å². The van der Waals surface area contributed by atoms with Gasteiger partial charge in [0, 0.05) is 23.0 Å². The number of rotatable bonds is 6. The van der Waals surface area contributed by atoms with Gasteiger partial charge in [0.15, 0.2) is 11.6 Å². The molecule has 15 nitrogen and oxygen atoms in total. The first kappa shape index (κ1) is 38.0. The first-order valence-electron chi connectivity index (χ1n) is 12.7. The lowest BCUT2D eigenvalue weighted by atomic mass is 10.1. The number of amides is 4. The highest BCUT2D eigenvalue weighted by atomic mass is 33.1. The summed E-state index contributed by atoms with van der Waals surface area (Å²) < 4.78 is 0. The number of carbonyl (C=O) groups excluding carboxylic acids is 6. The van der Waals surface area contributed by atoms with Gasteiger partial charge in [-0.25, -0.2) is 0 Å². The summed E-state index contributed by atoms with van der Waals surface area (Å²) >= 11 is 0. The highest BCUT2D eigenvalue weighted by Crippen LogP contribution is 2.24. The molecule has 0 aromatic rings. The fourth-order valence-electron chi connectivity index (χ4n) is 3.21. The fourth-order valence-corrected chi connectivity index (χ4v) is 8.08. The highest BCUT2D eigenvalue weighted by molar-refractivity contribution is 8.77. The third kappa shape index (κ3) is 13.5. The summed E-state index contributed by atoms with van der Waals surface area (Å²) in [6.07, 6.45) is -2.03. The van der Waals surface area contributed by atoms with E-state index in [0.717, 1.165) is 32.4 Å². The zero-order chi connectivity index (χ0) is 32.0. The second-order valence-corrected chi connectivity index (χ2v) is 14.4. The molecule has 0 radical (unpaired) electrons. The van der Waals surface area contributed by atoms with Crippen LogP contribution in [0.15, 0.2) is 0 Å². The molecule has 4 amide bonds. The van der Waals surface area contributed by atoms with Gasteiger partial charge < -0.3 is 42.5 Å². The number of aliphatic hydroxyl groups excluding tert-OH is 1. The van der Waals surface area contributed by atoms with Gasteiger partial charge in [-0.05, 0) is 27.8 Å². The third-order valence-electron chi connectivity index (χ3n) is 5.81. The first-order valence-corrected chi connectivity index (χ1v) is 17.7. The largest absolute Gasteiger partial charge is 0.481 e. The third-order valence-corrected chi connectivity index (χ3v) is 10.7. The molecule has 9 N–H and O–H groups in total. The number of Topliss-reactive ketones (excluding diaryl/α,β-unsaturated/α-hetero) is 2. The van der Waals surface area contributed by atoms with Crippen LogP contribution in [0.1, 0.15) is 27.2 Å². The molecule has 19 heteroatoms. The number of hydrogen-bond acceptors (Lipinski definition) is 14. The van der Waals surface area contributed by atoms with Crippen LogP contribution in [-0.2, 0) is 33.6 Å². The van der Waals surface area contributed by atoms with Crippen LogP contribution in [-0.4, -0.2) is 124 Å². The predicted molar refractivity (Wildman–Crippen MR) is 164 cm³/mol. The SMILES string of the molecule is CN[C@H]1CSSC[C@@H](C(C)=O)NC(=O)[C@H](CC(=O)O)NC(=O)[C@@H](N)CSSC[C@@H](C(C)=O)NC(=O)C([C@@H](C)O)NC1=O. The van der Waals surface area contributed by atoms with Crippen molar-refractivity contribution < 1.29 is 43.8 Å². The van der Waals surface area contributed by atoms with Gasteiger partial charge in [-0.3, -0.25) is 33.6 Å². The highest BCUT2D eigenvalue weighted by Gasteiger charge is 2.32. The molecule has 0 aromatic carbocycles. The Morgan fingerprint density at radius 3 is 1.81 bits per heavy atom. The predicted octanol–water partition coefficient (Wildman–Crippen LogP) is -2.35. The minimum absolute atomic E-state index is 0.0121. The van der Waals surface area contributed by atoms with Crippen LogP contribution in [0.4, 0.5) is 0 Å². The number of hydrogen-bond donors (Lipinski definition) is 8. The molecule has 42 heavy (non-hydrogen) atoms. The van der Waals surface area contributed by atoms with Crippen molar-refractivity contribution in [3.05, 3.63) is 0 Å². The summed E-state index contributed by atoms with van der Waals surface area (Å²) in [6, 6.07) is -6.79. The Hall–Kier alpha value is -2.03. The molecule has 1 rings (SSSR count). The zero-order valence-corrected chi connectivity index (χ0v) is 26.8. The molecule has 0 aliphatic carbocycles. The molecule has 0 aromatic heterocycles. The van der Waals surface area contributed by atoms with Crippen LogP contribution in [0.5, 0.6) is 0 Å². The molecule has 1 unspecified atom stereocenters. The van der Waals surface area contributed by atoms with Gasteiger partial charge >= 0.3 is 5.97 Å². The van der Waals surface area contributed by atoms with E-state index in [-0.39, 0.29) is 28.8 Å². The van der Waals surface area contributed by atoms with Crippen LogP contribution in [0.25, 0.3) is 0 Å². The van der Waals surface area contributed by atoms with Crippen LogP contribution >= 0.6 is 43.2 Å². The molecular weight excluding hydrogens is 633 g/mol. The van der Waals surface area contributed by atoms with E-state index in [2.05, 4.69) is 26.6 Å². The lowest BCUT2D eigenvalue weighted by Gasteiger charge is -2.26. The molecule has 0 spiro atoms. The maximum absolute atomic E-state index is 12.9. The average Bonchev–Trinajstić information content (AvgIpc) is 2.90. The average molecular weight is 671 g/mol. The molecule has 238 valence electrons. The quantitative estimate of drug-likeness (QED) is 0.138. The number of aliphatic carboxylic acids is 1. The molecular formula is C23H38N6O9S4. The summed E-state index contributed by atoms with van der Waals surface area (Å²) in [5.74, 6) is -4.83. The Morgan fingerprint density at radius 2 is 1.33 bits per heavy atom. The molecule has 1 aliphatic heterocycles. The van der Waals surface area contributed by atoms with Gasteiger partial charge in [-0.2, -0.15) is 0 Å². The summed E-state index contributed by atoms with van der Waals surface area (Å²) in [7, 11) is 6.11. The number of carboxylic acid groups (broad SMARTS) is 1. The Balaban J connectivity index is 3.21. The van der Waals surface area contributed by atoms with Gasteiger partial charge in [0.05, 0.1) is 36.7 Å². The summed E-state index contributed by atoms with van der Waals surface area (Å²) in [4.78, 5) is 87.0. The van der Waals surface area contributed by atoms with E-state index in [1.54, 1.807) is 0 Å². The van der Waals surface area contributed by atoms with Gasteiger partial charge in [0.2, 0.25) is 23.6 Å². The van der Waals surface area contributed by atoms with E-state index in [1.807, 2.05) is 0 Å². The minimum Gasteiger partial charge on any atom is -0.481 e. The van der Waals surface area contributed by atoms with Gasteiger partial charge in [-0.15, -0.1) is 0 Å². The van der Waals surface area contributed by atoms with Crippen molar-refractivity contribution in [2.75, 3.05) is 30.1 Å². The summed E-state index contributed by atoms with van der Waals surface area (Å²) in [5.41, 5.74) is 5.92. The van der Waals surface area contributed by atoms with E-state index >= 15 is 0 Å². The monoisotopic (exact) mass is 670 g/mol. The maximum Gasteiger partial charge on any atom is 0.305 e. The Morgan fingerprint density at radius 1 is 0.833 bits per heavy atom. The molecule has 1 saturated heterocycles. The number of carbonyl (C=O) groups is 7. The zero-order valence-electron chi connectivity index (χ0n) is 23.5. The van der Waals surface area contributed by atoms with Gasteiger partial charge in [0.25, 0.3) is 0 Å². The van der Waals surface area contributed by atoms with E-state index in [1.165, 1.54) is 38.6 Å². The first-order chi connectivity index (χ1) is 19.7. The van der Waals surface area contributed by atoms with Crippen molar-refractivity contribution in [2.24, 2.45) is 5.73 Å². The minimum atomic E-state index is -1.49. The number of aliphatic hydroxyl groups is 1. The van der Waals surface area contributed by atoms with Crippen molar-refractivity contribution in [1.29, 1.82) is 0 Å². The second kappa shape index (κ2) is 19.3. The molecule has 7 atom stereocenters. The van der Waals surface area contributed by atoms with Crippen LogP contribution < -0.4 is 32.3 Å².